The Labute approximate surface area is 101 Å². The highest BCUT2D eigenvalue weighted by atomic mass is 15.2. The molecule has 0 aliphatic rings. The standard InChI is InChI=1S/C12H17N5/c1-13-6-2-7-15-12-4-3-11(16-17-12)10-5-8-14-9-10/h3-5,8-9,13-14H,2,6-7H2,1H3,(H,15,17). The first-order valence-corrected chi connectivity index (χ1v) is 5.75. The van der Waals surface area contributed by atoms with E-state index >= 15 is 0 Å². The Balaban J connectivity index is 1.90. The number of hydrogen-bond donors (Lipinski definition) is 3. The van der Waals surface area contributed by atoms with Gasteiger partial charge in [0.05, 0.1) is 5.69 Å². The van der Waals surface area contributed by atoms with Crippen LogP contribution in [0, 0.1) is 0 Å². The number of nitrogens with one attached hydrogen (secondary N) is 3. The number of aromatic amines is 1. The third kappa shape index (κ3) is 3.29. The monoisotopic (exact) mass is 231 g/mol. The molecule has 2 heterocycles. The van der Waals surface area contributed by atoms with E-state index in [0.29, 0.717) is 0 Å². The van der Waals surface area contributed by atoms with Crippen LogP contribution in [-0.4, -0.2) is 35.3 Å². The number of hydrogen-bond acceptors (Lipinski definition) is 4. The van der Waals surface area contributed by atoms with Gasteiger partial charge in [0.25, 0.3) is 0 Å². The molecule has 0 atom stereocenters. The minimum absolute atomic E-state index is 0.820. The van der Waals surface area contributed by atoms with Gasteiger partial charge in [-0.2, -0.15) is 0 Å². The van der Waals surface area contributed by atoms with Crippen LogP contribution in [-0.2, 0) is 0 Å². The second kappa shape index (κ2) is 6.00. The molecule has 90 valence electrons. The highest BCUT2D eigenvalue weighted by molar-refractivity contribution is 5.58. The molecule has 2 rings (SSSR count). The van der Waals surface area contributed by atoms with Gasteiger partial charge in [-0.15, -0.1) is 10.2 Å². The van der Waals surface area contributed by atoms with Crippen molar-refractivity contribution in [2.45, 2.75) is 6.42 Å². The number of aromatic nitrogens is 3. The molecule has 17 heavy (non-hydrogen) atoms. The van der Waals surface area contributed by atoms with Gasteiger partial charge in [0.1, 0.15) is 5.82 Å². The maximum Gasteiger partial charge on any atom is 0.148 e. The lowest BCUT2D eigenvalue weighted by atomic mass is 10.2. The van der Waals surface area contributed by atoms with E-state index in [0.717, 1.165) is 36.6 Å². The minimum Gasteiger partial charge on any atom is -0.369 e. The average Bonchev–Trinajstić information content (AvgIpc) is 2.89. The fourth-order valence-corrected chi connectivity index (χ4v) is 1.55. The Kier molecular flexibility index (Phi) is 4.10. The van der Waals surface area contributed by atoms with Crippen molar-refractivity contribution >= 4 is 5.82 Å². The lowest BCUT2D eigenvalue weighted by Gasteiger charge is -2.04. The summed E-state index contributed by atoms with van der Waals surface area (Å²) < 4.78 is 0. The van der Waals surface area contributed by atoms with Gasteiger partial charge in [-0.05, 0) is 38.2 Å². The summed E-state index contributed by atoms with van der Waals surface area (Å²) in [6.07, 6.45) is 4.85. The molecule has 5 heteroatoms. The van der Waals surface area contributed by atoms with Crippen molar-refractivity contribution in [3.63, 3.8) is 0 Å². The summed E-state index contributed by atoms with van der Waals surface area (Å²) in [7, 11) is 1.95. The zero-order valence-corrected chi connectivity index (χ0v) is 9.90. The molecule has 0 aromatic carbocycles. The van der Waals surface area contributed by atoms with Crippen molar-refractivity contribution in [1.82, 2.24) is 20.5 Å². The van der Waals surface area contributed by atoms with Crippen LogP contribution in [0.25, 0.3) is 11.3 Å². The molecule has 0 spiro atoms. The van der Waals surface area contributed by atoms with Crippen molar-refractivity contribution in [3.05, 3.63) is 30.6 Å². The van der Waals surface area contributed by atoms with Gasteiger partial charge in [0.2, 0.25) is 0 Å². The lowest BCUT2D eigenvalue weighted by molar-refractivity contribution is 0.746. The Morgan fingerprint density at radius 1 is 1.18 bits per heavy atom. The first-order valence-electron chi connectivity index (χ1n) is 5.75. The van der Waals surface area contributed by atoms with E-state index in [1.807, 2.05) is 37.6 Å². The maximum absolute atomic E-state index is 4.17. The Hall–Kier alpha value is -1.88. The van der Waals surface area contributed by atoms with Crippen LogP contribution >= 0.6 is 0 Å². The molecule has 2 aromatic rings. The van der Waals surface area contributed by atoms with Gasteiger partial charge >= 0.3 is 0 Å². The largest absolute Gasteiger partial charge is 0.369 e. The third-order valence-corrected chi connectivity index (χ3v) is 2.47. The number of anilines is 1. The molecule has 0 aliphatic heterocycles. The summed E-state index contributed by atoms with van der Waals surface area (Å²) in [5, 5.41) is 14.6. The van der Waals surface area contributed by atoms with Crippen molar-refractivity contribution in [2.75, 3.05) is 25.5 Å². The van der Waals surface area contributed by atoms with Crippen molar-refractivity contribution in [2.24, 2.45) is 0 Å². The summed E-state index contributed by atoms with van der Waals surface area (Å²) in [4.78, 5) is 3.00. The van der Waals surface area contributed by atoms with E-state index in [1.165, 1.54) is 0 Å². The van der Waals surface area contributed by atoms with E-state index < -0.39 is 0 Å². The molecule has 0 unspecified atom stereocenters. The molecule has 0 saturated heterocycles. The molecule has 0 saturated carbocycles. The van der Waals surface area contributed by atoms with Gasteiger partial charge in [-0.3, -0.25) is 0 Å². The molecule has 0 aliphatic carbocycles. The molecule has 0 bridgehead atoms. The first-order chi connectivity index (χ1) is 8.40. The van der Waals surface area contributed by atoms with Crippen molar-refractivity contribution in [3.8, 4) is 11.3 Å². The maximum atomic E-state index is 4.17. The summed E-state index contributed by atoms with van der Waals surface area (Å²) >= 11 is 0. The SMILES string of the molecule is CNCCCNc1ccc(-c2cc[nH]c2)nn1. The highest BCUT2D eigenvalue weighted by Gasteiger charge is 2.00. The summed E-state index contributed by atoms with van der Waals surface area (Å²) in [6, 6.07) is 5.90. The van der Waals surface area contributed by atoms with Crippen LogP contribution in [0.15, 0.2) is 30.6 Å². The van der Waals surface area contributed by atoms with Crippen LogP contribution in [0.1, 0.15) is 6.42 Å². The third-order valence-electron chi connectivity index (χ3n) is 2.47. The predicted molar refractivity (Wildman–Crippen MR) is 68.9 cm³/mol. The molecular formula is C12H17N5. The van der Waals surface area contributed by atoms with Crippen LogP contribution in [0.3, 0.4) is 0 Å². The summed E-state index contributed by atoms with van der Waals surface area (Å²) in [5.74, 6) is 0.820. The quantitative estimate of drug-likeness (QED) is 0.659. The molecule has 0 radical (unpaired) electrons. The first kappa shape index (κ1) is 11.6. The van der Waals surface area contributed by atoms with Gasteiger partial charge in [0.15, 0.2) is 0 Å². The molecule has 2 aromatic heterocycles. The number of H-pyrrole nitrogens is 1. The highest BCUT2D eigenvalue weighted by Crippen LogP contribution is 2.15. The van der Waals surface area contributed by atoms with Crippen LogP contribution < -0.4 is 10.6 Å². The Morgan fingerprint density at radius 3 is 2.76 bits per heavy atom. The van der Waals surface area contributed by atoms with Gasteiger partial charge in [-0.1, -0.05) is 0 Å². The normalized spacial score (nSPS) is 10.4. The van der Waals surface area contributed by atoms with E-state index in [1.54, 1.807) is 0 Å². The fourth-order valence-electron chi connectivity index (χ4n) is 1.55. The number of rotatable bonds is 6. The minimum atomic E-state index is 0.820. The molecule has 0 amide bonds. The Morgan fingerprint density at radius 2 is 2.12 bits per heavy atom. The number of nitrogens with zero attached hydrogens (tertiary/aromatic N) is 2. The smallest absolute Gasteiger partial charge is 0.148 e. The van der Waals surface area contributed by atoms with Gasteiger partial charge < -0.3 is 15.6 Å². The average molecular weight is 231 g/mol. The van der Waals surface area contributed by atoms with E-state index in [2.05, 4.69) is 25.8 Å². The summed E-state index contributed by atoms with van der Waals surface area (Å²) in [6.45, 7) is 1.90. The van der Waals surface area contributed by atoms with E-state index in [-0.39, 0.29) is 0 Å². The molecule has 5 nitrogen and oxygen atoms in total. The zero-order chi connectivity index (χ0) is 11.9. The van der Waals surface area contributed by atoms with Gasteiger partial charge in [0, 0.05) is 24.5 Å². The van der Waals surface area contributed by atoms with Crippen LogP contribution in [0.2, 0.25) is 0 Å². The Bertz CT molecular complexity index is 421. The van der Waals surface area contributed by atoms with Crippen LogP contribution in [0.5, 0.6) is 0 Å². The van der Waals surface area contributed by atoms with Gasteiger partial charge in [-0.25, -0.2) is 0 Å². The fraction of sp³-hybridized carbons (Fsp3) is 0.333. The molecular weight excluding hydrogens is 214 g/mol. The molecule has 3 N–H and O–H groups in total. The lowest BCUT2D eigenvalue weighted by Crippen LogP contribution is -2.13. The second-order valence-electron chi connectivity index (χ2n) is 3.79. The van der Waals surface area contributed by atoms with Crippen molar-refractivity contribution < 1.29 is 0 Å². The van der Waals surface area contributed by atoms with Crippen LogP contribution in [0.4, 0.5) is 5.82 Å². The second-order valence-corrected chi connectivity index (χ2v) is 3.79. The topological polar surface area (TPSA) is 65.6 Å². The predicted octanol–water partition coefficient (Wildman–Crippen LogP) is 1.49. The van der Waals surface area contributed by atoms with Crippen molar-refractivity contribution in [1.29, 1.82) is 0 Å². The zero-order valence-electron chi connectivity index (χ0n) is 9.90. The van der Waals surface area contributed by atoms with E-state index in [4.69, 9.17) is 0 Å². The summed E-state index contributed by atoms with van der Waals surface area (Å²) in [5.41, 5.74) is 1.94. The molecule has 0 fully saturated rings. The van der Waals surface area contributed by atoms with E-state index in [9.17, 15) is 0 Å².